The monoisotopic (exact) mass is 1380 g/mol. The average molecular weight is 1380 g/mol. The van der Waals surface area contributed by atoms with E-state index in [4.69, 9.17) is 47.4 Å². The summed E-state index contributed by atoms with van der Waals surface area (Å²) in [6.45, 7) is 13.0. The Hall–Kier alpha value is -9.12. The van der Waals surface area contributed by atoms with Crippen LogP contribution in [0.2, 0.25) is 0 Å². The summed E-state index contributed by atoms with van der Waals surface area (Å²) in [5, 5.41) is 2.75. The molecule has 103 heavy (non-hydrogen) atoms. The third-order valence-corrected chi connectivity index (χ3v) is 18.6. The number of aromatic amines is 1. The molecule has 0 amide bonds. The zero-order valence-electron chi connectivity index (χ0n) is 60.2. The highest BCUT2D eigenvalue weighted by molar-refractivity contribution is 5.84. The summed E-state index contributed by atoms with van der Waals surface area (Å²) in [6, 6.07) is 98.4. The molecule has 2 aliphatic rings. The van der Waals surface area contributed by atoms with Gasteiger partial charge in [-0.3, -0.25) is 0 Å². The highest BCUT2D eigenvalue weighted by Crippen LogP contribution is 2.33. The van der Waals surface area contributed by atoms with E-state index in [0.717, 1.165) is 57.3 Å². The average Bonchev–Trinajstić information content (AvgIpc) is 1.77. The van der Waals surface area contributed by atoms with Crippen LogP contribution in [-0.2, 0) is 120 Å². The number of para-hydroxylation sites is 2. The number of H-pyrrole nitrogens is 1. The zero-order valence-corrected chi connectivity index (χ0v) is 60.2. The smallest absolute Gasteiger partial charge is 0.115 e. The molecule has 2 aliphatic heterocycles. The van der Waals surface area contributed by atoms with Gasteiger partial charge in [0.25, 0.3) is 0 Å². The lowest BCUT2D eigenvalue weighted by Gasteiger charge is -2.45. The van der Waals surface area contributed by atoms with Crippen molar-refractivity contribution in [2.45, 2.75) is 154 Å². The zero-order chi connectivity index (χ0) is 71.1. The van der Waals surface area contributed by atoms with E-state index in [2.05, 4.69) is 188 Å². The SMILES string of the molecule is CCc1c[nH]c2ccccc12.CCc1cn(C)c2ccccc12.C[C@@H]1O[C@H](COCc2ccccc2)[C@@H](OCc2ccccc2)[C@H](OCc2ccccc2)[C@H]1OCc1ccccc1.C[C@@H]1O[C@H](COCc2ccccc2)[C@@H](OCc2ccccc2)[C@H](OCc2ccccc2)[C@H]1OCc1ccccc1. The van der Waals surface area contributed by atoms with E-state index in [0.29, 0.717) is 66.1 Å². The van der Waals surface area contributed by atoms with Crippen LogP contribution in [-0.4, -0.2) is 83.8 Å². The topological polar surface area (TPSA) is 113 Å². The third kappa shape index (κ3) is 22.7. The number of benzene rings is 10. The quantitative estimate of drug-likeness (QED) is 0.0509. The molecule has 0 spiro atoms. The second-order valence-electron chi connectivity index (χ2n) is 26.2. The van der Waals surface area contributed by atoms with Gasteiger partial charge in [0.05, 0.1) is 78.3 Å². The highest BCUT2D eigenvalue weighted by atomic mass is 16.6. The fraction of sp³-hybridized carbons (Fsp3) is 0.297. The normalized spacial score (nSPS) is 20.0. The van der Waals surface area contributed by atoms with Crippen molar-refractivity contribution in [2.75, 3.05) is 13.2 Å². The molecule has 10 aromatic carbocycles. The summed E-state index contributed by atoms with van der Waals surface area (Å²) in [5.41, 5.74) is 14.2. The number of nitrogens with zero attached hydrogens (tertiary/aromatic N) is 1. The van der Waals surface area contributed by atoms with Crippen molar-refractivity contribution in [1.29, 1.82) is 0 Å². The molecule has 2 saturated heterocycles. The Morgan fingerprint density at radius 1 is 0.311 bits per heavy atom. The Balaban J connectivity index is 0.000000157. The van der Waals surface area contributed by atoms with E-state index in [1.807, 2.05) is 159 Å². The minimum absolute atomic E-state index is 0.216. The van der Waals surface area contributed by atoms with E-state index in [9.17, 15) is 0 Å². The van der Waals surface area contributed by atoms with E-state index >= 15 is 0 Å². The summed E-state index contributed by atoms with van der Waals surface area (Å²) < 4.78 is 67.2. The first-order valence-electron chi connectivity index (χ1n) is 36.3. The van der Waals surface area contributed by atoms with Gasteiger partial charge in [-0.2, -0.15) is 0 Å². The number of ether oxygens (including phenoxy) is 10. The number of fused-ring (bicyclic) bond motifs is 2. The Morgan fingerprint density at radius 3 is 0.932 bits per heavy atom. The Kier molecular flexibility index (Phi) is 29.6. The number of aromatic nitrogens is 2. The minimum Gasteiger partial charge on any atom is -0.374 e. The molecule has 14 rings (SSSR count). The molecule has 0 saturated carbocycles. The van der Waals surface area contributed by atoms with E-state index in [1.54, 1.807) is 0 Å². The summed E-state index contributed by atoms with van der Waals surface area (Å²) in [7, 11) is 2.10. The number of hydrogen-bond donors (Lipinski definition) is 1. The maximum absolute atomic E-state index is 6.65. The van der Waals surface area contributed by atoms with Gasteiger partial charge in [-0.05, 0) is 94.5 Å². The van der Waals surface area contributed by atoms with Gasteiger partial charge >= 0.3 is 0 Å². The van der Waals surface area contributed by atoms with Crippen LogP contribution in [0, 0.1) is 0 Å². The van der Waals surface area contributed by atoms with Crippen LogP contribution < -0.4 is 0 Å². The van der Waals surface area contributed by atoms with Crippen LogP contribution in [0.25, 0.3) is 21.8 Å². The summed E-state index contributed by atoms with van der Waals surface area (Å²) >= 11 is 0. The van der Waals surface area contributed by atoms with Crippen molar-refractivity contribution in [3.05, 3.63) is 359 Å². The Bertz CT molecular complexity index is 4060. The van der Waals surface area contributed by atoms with Gasteiger partial charge in [0.2, 0.25) is 0 Å². The molecule has 2 aromatic heterocycles. The first-order valence-corrected chi connectivity index (χ1v) is 36.3. The fourth-order valence-corrected chi connectivity index (χ4v) is 13.2. The van der Waals surface area contributed by atoms with Gasteiger partial charge in [-0.15, -0.1) is 0 Å². The van der Waals surface area contributed by atoms with E-state index in [-0.39, 0.29) is 48.8 Å². The lowest BCUT2D eigenvalue weighted by molar-refractivity contribution is -0.269. The summed E-state index contributed by atoms with van der Waals surface area (Å²) in [6.07, 6.45) is 3.29. The van der Waals surface area contributed by atoms with Gasteiger partial charge in [0, 0.05) is 41.2 Å². The van der Waals surface area contributed by atoms with Gasteiger partial charge in [-0.1, -0.05) is 293 Å². The number of aryl methyl sites for hydroxylation is 3. The van der Waals surface area contributed by atoms with Crippen molar-refractivity contribution in [3.8, 4) is 0 Å². The largest absolute Gasteiger partial charge is 0.374 e. The predicted octanol–water partition coefficient (Wildman–Crippen LogP) is 19.0. The molecule has 2 fully saturated rings. The molecule has 0 bridgehead atoms. The highest BCUT2D eigenvalue weighted by Gasteiger charge is 2.48. The first-order chi connectivity index (χ1) is 50.8. The fourth-order valence-electron chi connectivity index (χ4n) is 13.2. The van der Waals surface area contributed by atoms with Gasteiger partial charge in [0.1, 0.15) is 48.8 Å². The Labute approximate surface area is 609 Å². The molecule has 1 N–H and O–H groups in total. The van der Waals surface area contributed by atoms with Crippen LogP contribution >= 0.6 is 0 Å². The van der Waals surface area contributed by atoms with Crippen LogP contribution in [0.1, 0.15) is 83.3 Å². The number of nitrogens with one attached hydrogen (secondary N) is 1. The van der Waals surface area contributed by atoms with E-state index in [1.165, 1.54) is 32.9 Å². The molecule has 12 nitrogen and oxygen atoms in total. The van der Waals surface area contributed by atoms with Gasteiger partial charge in [0.15, 0.2) is 0 Å². The second-order valence-corrected chi connectivity index (χ2v) is 26.2. The second kappa shape index (κ2) is 40.7. The number of rotatable bonds is 28. The van der Waals surface area contributed by atoms with Gasteiger partial charge in [-0.25, -0.2) is 0 Å². The van der Waals surface area contributed by atoms with Crippen molar-refractivity contribution in [3.63, 3.8) is 0 Å². The third-order valence-electron chi connectivity index (χ3n) is 18.6. The number of hydrogen-bond acceptors (Lipinski definition) is 10. The molecular formula is C91H100N2O10. The molecule has 4 heterocycles. The van der Waals surface area contributed by atoms with Crippen molar-refractivity contribution < 1.29 is 47.4 Å². The standard InChI is InChI=1S/2C35H38O5.C11H13N.C10H11N/c2*1-27-33(37-23-29-16-8-3-9-17-29)35(39-25-31-20-12-5-13-21-31)34(38-24-30-18-10-4-11-19-30)32(40-27)26-36-22-28-14-6-2-7-15-28;1-3-9-8-12(2)11-7-5-4-6-10(9)11;1-2-8-7-11-10-6-4-3-5-9(8)10/h2*2-21,27,32-35H,22-26H2,1H3;4-8H,3H2,1-2H3;3-7,11H,2H2,1H3/t2*27-,32+,33-,34+,35+;;/m00../s1. The molecular weight excluding hydrogens is 1280 g/mol. The molecule has 0 unspecified atom stereocenters. The van der Waals surface area contributed by atoms with Crippen LogP contribution in [0.15, 0.2) is 304 Å². The molecule has 0 radical (unpaired) electrons. The van der Waals surface area contributed by atoms with Crippen LogP contribution in [0.4, 0.5) is 0 Å². The van der Waals surface area contributed by atoms with Crippen molar-refractivity contribution in [1.82, 2.24) is 9.55 Å². The lowest BCUT2D eigenvalue weighted by atomic mass is 9.94. The lowest BCUT2D eigenvalue weighted by Crippen LogP contribution is -2.60. The van der Waals surface area contributed by atoms with Gasteiger partial charge < -0.3 is 56.9 Å². The van der Waals surface area contributed by atoms with Crippen LogP contribution in [0.3, 0.4) is 0 Å². The van der Waals surface area contributed by atoms with Crippen molar-refractivity contribution >= 4 is 21.8 Å². The Morgan fingerprint density at radius 2 is 0.592 bits per heavy atom. The predicted molar refractivity (Wildman–Crippen MR) is 411 cm³/mol. The van der Waals surface area contributed by atoms with Crippen molar-refractivity contribution in [2.24, 2.45) is 7.05 Å². The molecule has 12 aromatic rings. The van der Waals surface area contributed by atoms with E-state index < -0.39 is 12.2 Å². The summed E-state index contributed by atoms with van der Waals surface area (Å²) in [4.78, 5) is 3.24. The van der Waals surface area contributed by atoms with Crippen LogP contribution in [0.5, 0.6) is 0 Å². The molecule has 10 atom stereocenters. The maximum atomic E-state index is 6.65. The summed E-state index contributed by atoms with van der Waals surface area (Å²) in [5.74, 6) is 0. The molecule has 12 heteroatoms. The molecule has 0 aliphatic carbocycles. The molecule has 534 valence electrons. The minimum atomic E-state index is -0.392. The first kappa shape index (κ1) is 75.1. The maximum Gasteiger partial charge on any atom is 0.115 e.